The lowest BCUT2D eigenvalue weighted by Crippen LogP contribution is -2.37. The highest BCUT2D eigenvalue weighted by Gasteiger charge is 2.26. The van der Waals surface area contributed by atoms with Crippen molar-refractivity contribution in [2.24, 2.45) is 5.41 Å². The van der Waals surface area contributed by atoms with Crippen LogP contribution in [0.15, 0.2) is 24.4 Å². The Hall–Kier alpha value is -2.77. The van der Waals surface area contributed by atoms with Crippen molar-refractivity contribution in [1.82, 2.24) is 20.0 Å². The molecule has 3 aromatic rings. The van der Waals surface area contributed by atoms with Gasteiger partial charge >= 0.3 is 0 Å². The monoisotopic (exact) mass is 359 g/mol. The van der Waals surface area contributed by atoms with E-state index in [9.17, 15) is 13.9 Å². The summed E-state index contributed by atoms with van der Waals surface area (Å²) in [4.78, 5) is 6.68. The minimum absolute atomic E-state index is 0.0279. The number of aromatic hydroxyl groups is 1. The Balaban J connectivity index is 1.66. The second kappa shape index (κ2) is 5.89. The minimum Gasteiger partial charge on any atom is -0.503 e. The van der Waals surface area contributed by atoms with Crippen LogP contribution < -0.4 is 4.90 Å². The van der Waals surface area contributed by atoms with E-state index in [1.807, 2.05) is 6.07 Å². The summed E-state index contributed by atoms with van der Waals surface area (Å²) in [6.07, 6.45) is 3.77. The van der Waals surface area contributed by atoms with E-state index in [2.05, 4.69) is 34.0 Å². The van der Waals surface area contributed by atoms with Crippen molar-refractivity contribution < 1.29 is 13.9 Å². The third kappa shape index (κ3) is 2.75. The number of halogens is 2. The Bertz CT molecular complexity index is 958. The fourth-order valence-corrected chi connectivity index (χ4v) is 3.21. The summed E-state index contributed by atoms with van der Waals surface area (Å²) in [6.45, 7) is 6.41. The first-order chi connectivity index (χ1) is 12.4. The fourth-order valence-electron chi connectivity index (χ4n) is 3.21. The van der Waals surface area contributed by atoms with Gasteiger partial charge < -0.3 is 10.0 Å². The molecule has 3 heterocycles. The van der Waals surface area contributed by atoms with E-state index in [1.165, 1.54) is 4.68 Å². The maximum Gasteiger partial charge on any atom is 0.195 e. The summed E-state index contributed by atoms with van der Waals surface area (Å²) in [7, 11) is 0. The van der Waals surface area contributed by atoms with E-state index >= 15 is 0 Å². The van der Waals surface area contributed by atoms with Gasteiger partial charge in [-0.15, -0.1) is 5.10 Å². The number of benzene rings is 1. The van der Waals surface area contributed by atoms with E-state index in [0.29, 0.717) is 11.1 Å². The number of aromatic nitrogens is 4. The fraction of sp³-hybridized carbons (Fsp3) is 0.389. The molecule has 8 heteroatoms. The molecule has 0 saturated carbocycles. The van der Waals surface area contributed by atoms with Crippen molar-refractivity contribution in [3.63, 3.8) is 0 Å². The highest BCUT2D eigenvalue weighted by Crippen LogP contribution is 2.32. The zero-order valence-electron chi connectivity index (χ0n) is 14.6. The zero-order valence-corrected chi connectivity index (χ0v) is 14.6. The number of rotatable bonds is 2. The Labute approximate surface area is 149 Å². The molecule has 1 aliphatic rings. The third-order valence-corrected chi connectivity index (χ3v) is 5.02. The van der Waals surface area contributed by atoms with Crippen molar-refractivity contribution in [3.05, 3.63) is 36.0 Å². The summed E-state index contributed by atoms with van der Waals surface area (Å²) in [6, 6.07) is 4.56. The number of pyridine rings is 1. The van der Waals surface area contributed by atoms with Crippen LogP contribution in [0.2, 0.25) is 0 Å². The maximum absolute atomic E-state index is 14.3. The average Bonchev–Trinajstić information content (AvgIpc) is 3.04. The van der Waals surface area contributed by atoms with Gasteiger partial charge in [-0.25, -0.2) is 18.4 Å². The molecule has 0 atom stereocenters. The number of hydrogen-bond donors (Lipinski definition) is 1. The van der Waals surface area contributed by atoms with Crippen LogP contribution in [0, 0.1) is 17.0 Å². The quantitative estimate of drug-likeness (QED) is 0.759. The molecule has 0 bridgehead atoms. The standard InChI is InChI=1S/C18H19F2N5O/c1-18(2)5-7-24(8-6-18)14-4-3-11(10-21-14)25-16-13(22-23-25)9-12(19)17(26)15(16)20/h3-4,9-10,26H,5-8H2,1-2H3. The number of hydrogen-bond acceptors (Lipinski definition) is 5. The summed E-state index contributed by atoms with van der Waals surface area (Å²) < 4.78 is 28.9. The van der Waals surface area contributed by atoms with Gasteiger partial charge in [0.05, 0.1) is 11.9 Å². The van der Waals surface area contributed by atoms with Gasteiger partial charge in [-0.1, -0.05) is 19.1 Å². The number of piperidine rings is 1. The lowest BCUT2D eigenvalue weighted by molar-refractivity contribution is 0.279. The third-order valence-electron chi connectivity index (χ3n) is 5.02. The lowest BCUT2D eigenvalue weighted by atomic mass is 9.83. The van der Waals surface area contributed by atoms with E-state index in [1.54, 1.807) is 12.3 Å². The van der Waals surface area contributed by atoms with Gasteiger partial charge in [0.1, 0.15) is 16.9 Å². The molecular weight excluding hydrogens is 340 g/mol. The van der Waals surface area contributed by atoms with Crippen LogP contribution in [-0.4, -0.2) is 38.2 Å². The molecule has 26 heavy (non-hydrogen) atoms. The van der Waals surface area contributed by atoms with Gasteiger partial charge in [0.15, 0.2) is 17.4 Å². The molecule has 0 unspecified atom stereocenters. The van der Waals surface area contributed by atoms with Crippen molar-refractivity contribution in [2.45, 2.75) is 26.7 Å². The second-order valence-corrected chi connectivity index (χ2v) is 7.42. The minimum atomic E-state index is -1.09. The predicted molar refractivity (Wildman–Crippen MR) is 93.5 cm³/mol. The highest BCUT2D eigenvalue weighted by molar-refractivity contribution is 5.79. The SMILES string of the molecule is CC1(C)CCN(c2ccc(-n3nnc4cc(F)c(O)c(F)c43)cn2)CC1. The molecule has 1 N–H and O–H groups in total. The molecule has 4 rings (SSSR count). The molecule has 0 amide bonds. The van der Waals surface area contributed by atoms with E-state index in [4.69, 9.17) is 0 Å². The summed E-state index contributed by atoms with van der Waals surface area (Å²) >= 11 is 0. The Morgan fingerprint density at radius 3 is 2.54 bits per heavy atom. The van der Waals surface area contributed by atoms with Gasteiger partial charge in [-0.2, -0.15) is 0 Å². The number of fused-ring (bicyclic) bond motifs is 1. The van der Waals surface area contributed by atoms with Gasteiger partial charge in [-0.3, -0.25) is 0 Å². The molecular formula is C18H19F2N5O. The number of nitrogens with zero attached hydrogens (tertiary/aromatic N) is 5. The Morgan fingerprint density at radius 1 is 1.15 bits per heavy atom. The topological polar surface area (TPSA) is 67.1 Å². The molecule has 0 aliphatic carbocycles. The largest absolute Gasteiger partial charge is 0.503 e. The molecule has 1 fully saturated rings. The Kier molecular flexibility index (Phi) is 3.78. The van der Waals surface area contributed by atoms with Gasteiger partial charge in [-0.05, 0) is 30.4 Å². The smallest absolute Gasteiger partial charge is 0.195 e. The van der Waals surface area contributed by atoms with Crippen molar-refractivity contribution in [1.29, 1.82) is 0 Å². The Morgan fingerprint density at radius 2 is 1.88 bits per heavy atom. The molecule has 2 aromatic heterocycles. The van der Waals surface area contributed by atoms with E-state index in [0.717, 1.165) is 37.8 Å². The molecule has 1 aliphatic heterocycles. The van der Waals surface area contributed by atoms with Crippen molar-refractivity contribution in [2.75, 3.05) is 18.0 Å². The van der Waals surface area contributed by atoms with Crippen LogP contribution in [0.3, 0.4) is 0 Å². The molecule has 0 spiro atoms. The van der Waals surface area contributed by atoms with Gasteiger partial charge in [0.2, 0.25) is 0 Å². The summed E-state index contributed by atoms with van der Waals surface area (Å²) in [5, 5.41) is 17.1. The van der Waals surface area contributed by atoms with Gasteiger partial charge in [0.25, 0.3) is 0 Å². The summed E-state index contributed by atoms with van der Waals surface area (Å²) in [5.74, 6) is -2.35. The van der Waals surface area contributed by atoms with Crippen molar-refractivity contribution >= 4 is 16.9 Å². The van der Waals surface area contributed by atoms with E-state index in [-0.39, 0.29) is 11.0 Å². The van der Waals surface area contributed by atoms with E-state index < -0.39 is 17.4 Å². The summed E-state index contributed by atoms with van der Waals surface area (Å²) in [5.41, 5.74) is 0.780. The first-order valence-corrected chi connectivity index (χ1v) is 8.49. The first-order valence-electron chi connectivity index (χ1n) is 8.49. The molecule has 6 nitrogen and oxygen atoms in total. The molecule has 1 saturated heterocycles. The highest BCUT2D eigenvalue weighted by atomic mass is 19.1. The van der Waals surface area contributed by atoms with Crippen LogP contribution in [-0.2, 0) is 0 Å². The van der Waals surface area contributed by atoms with Crippen LogP contribution in [0.25, 0.3) is 16.7 Å². The van der Waals surface area contributed by atoms with Crippen LogP contribution in [0.1, 0.15) is 26.7 Å². The van der Waals surface area contributed by atoms with Crippen LogP contribution >= 0.6 is 0 Å². The van der Waals surface area contributed by atoms with Crippen molar-refractivity contribution in [3.8, 4) is 11.4 Å². The normalized spacial score (nSPS) is 17.0. The average molecular weight is 359 g/mol. The molecule has 0 radical (unpaired) electrons. The maximum atomic E-state index is 14.3. The number of phenolic OH excluding ortho intramolecular Hbond substituents is 1. The lowest BCUT2D eigenvalue weighted by Gasteiger charge is -2.37. The van der Waals surface area contributed by atoms with Crippen LogP contribution in [0.5, 0.6) is 5.75 Å². The number of anilines is 1. The first kappa shape index (κ1) is 16.7. The number of phenols is 1. The predicted octanol–water partition coefficient (Wildman–Crippen LogP) is 3.43. The zero-order chi connectivity index (χ0) is 18.5. The van der Waals surface area contributed by atoms with Crippen LogP contribution in [0.4, 0.5) is 14.6 Å². The second-order valence-electron chi connectivity index (χ2n) is 7.42. The van der Waals surface area contributed by atoms with Gasteiger partial charge in [0, 0.05) is 19.2 Å². The molecule has 1 aromatic carbocycles. The molecule has 136 valence electrons.